The normalized spacial score (nSPS) is 15.8. The molecule has 1 saturated heterocycles. The molecule has 0 saturated carbocycles. The lowest BCUT2D eigenvalue weighted by Crippen LogP contribution is -2.46. The Morgan fingerprint density at radius 3 is 2.63 bits per heavy atom. The fraction of sp³-hybridized carbons (Fsp3) is 0.917. The van der Waals surface area contributed by atoms with E-state index in [0.29, 0.717) is 26.4 Å². The summed E-state index contributed by atoms with van der Waals surface area (Å²) in [5, 5.41) is 6.15. The average molecular weight is 296 g/mol. The summed E-state index contributed by atoms with van der Waals surface area (Å²) in [7, 11) is 0. The van der Waals surface area contributed by atoms with Gasteiger partial charge in [0.05, 0.1) is 13.2 Å². The number of halogens is 1. The van der Waals surface area contributed by atoms with Crippen molar-refractivity contribution >= 4 is 18.3 Å². The van der Waals surface area contributed by atoms with E-state index in [9.17, 15) is 4.79 Å². The second kappa shape index (κ2) is 12.6. The van der Waals surface area contributed by atoms with Crippen molar-refractivity contribution < 1.29 is 14.3 Å². The first kappa shape index (κ1) is 18.6. The highest BCUT2D eigenvalue weighted by Gasteiger charge is 2.09. The first-order valence-corrected chi connectivity index (χ1v) is 6.68. The van der Waals surface area contributed by atoms with Crippen LogP contribution in [0.25, 0.3) is 0 Å². The Hall–Kier alpha value is -0.400. The number of carbonyl (C=O) groups is 1. The van der Waals surface area contributed by atoms with Crippen LogP contribution in [-0.2, 0) is 14.3 Å². The molecule has 0 aromatic heterocycles. The van der Waals surface area contributed by atoms with Crippen LogP contribution in [0.3, 0.4) is 0 Å². The van der Waals surface area contributed by atoms with E-state index in [1.165, 1.54) is 0 Å². The van der Waals surface area contributed by atoms with Crippen molar-refractivity contribution in [3.63, 3.8) is 0 Å². The quantitative estimate of drug-likeness (QED) is 0.561. The Kier molecular flexibility index (Phi) is 12.4. The fourth-order valence-electron chi connectivity index (χ4n) is 1.77. The molecule has 7 heteroatoms. The van der Waals surface area contributed by atoms with Gasteiger partial charge in [-0.1, -0.05) is 0 Å². The minimum absolute atomic E-state index is 0. The van der Waals surface area contributed by atoms with Crippen molar-refractivity contribution in [3.8, 4) is 0 Å². The van der Waals surface area contributed by atoms with Gasteiger partial charge in [-0.05, 0) is 6.92 Å². The molecule has 2 N–H and O–H groups in total. The van der Waals surface area contributed by atoms with Crippen LogP contribution in [0.15, 0.2) is 0 Å². The molecule has 1 rings (SSSR count). The maximum atomic E-state index is 11.4. The summed E-state index contributed by atoms with van der Waals surface area (Å²) in [6.45, 7) is 9.53. The molecule has 0 aromatic carbocycles. The fourth-order valence-corrected chi connectivity index (χ4v) is 1.77. The van der Waals surface area contributed by atoms with Gasteiger partial charge in [-0.2, -0.15) is 0 Å². The highest BCUT2D eigenvalue weighted by Crippen LogP contribution is 1.89. The lowest BCUT2D eigenvalue weighted by Gasteiger charge is -2.27. The molecule has 19 heavy (non-hydrogen) atoms. The first-order valence-electron chi connectivity index (χ1n) is 6.68. The van der Waals surface area contributed by atoms with Crippen molar-refractivity contribution in [2.24, 2.45) is 0 Å². The van der Waals surface area contributed by atoms with Crippen LogP contribution in [0.2, 0.25) is 0 Å². The van der Waals surface area contributed by atoms with Crippen molar-refractivity contribution in [3.05, 3.63) is 0 Å². The topological polar surface area (TPSA) is 62.8 Å². The van der Waals surface area contributed by atoms with Gasteiger partial charge in [0.2, 0.25) is 5.91 Å². The van der Waals surface area contributed by atoms with Crippen LogP contribution in [0.4, 0.5) is 0 Å². The van der Waals surface area contributed by atoms with Gasteiger partial charge in [0.25, 0.3) is 0 Å². The van der Waals surface area contributed by atoms with Gasteiger partial charge in [0, 0.05) is 45.9 Å². The Morgan fingerprint density at radius 2 is 1.95 bits per heavy atom. The number of nitrogens with one attached hydrogen (secondary N) is 2. The third-order valence-corrected chi connectivity index (χ3v) is 2.77. The number of piperazine rings is 1. The average Bonchev–Trinajstić information content (AvgIpc) is 2.40. The molecule has 1 heterocycles. The predicted molar refractivity (Wildman–Crippen MR) is 76.9 cm³/mol. The Bertz CT molecular complexity index is 226. The van der Waals surface area contributed by atoms with Crippen LogP contribution in [-0.4, -0.2) is 76.5 Å². The van der Waals surface area contributed by atoms with Gasteiger partial charge in [-0.25, -0.2) is 0 Å². The molecule has 0 radical (unpaired) electrons. The number of hydrogen-bond donors (Lipinski definition) is 2. The molecule has 1 amide bonds. The van der Waals surface area contributed by atoms with Crippen molar-refractivity contribution in [2.75, 3.05) is 65.7 Å². The predicted octanol–water partition coefficient (Wildman–Crippen LogP) is -0.517. The van der Waals surface area contributed by atoms with E-state index in [0.717, 1.165) is 32.7 Å². The van der Waals surface area contributed by atoms with Crippen LogP contribution >= 0.6 is 12.4 Å². The summed E-state index contributed by atoms with van der Waals surface area (Å²) in [6, 6.07) is 0. The van der Waals surface area contributed by atoms with Crippen LogP contribution in [0.1, 0.15) is 6.92 Å². The van der Waals surface area contributed by atoms with Crippen molar-refractivity contribution in [2.45, 2.75) is 6.92 Å². The van der Waals surface area contributed by atoms with Crippen LogP contribution in [0, 0.1) is 0 Å². The minimum Gasteiger partial charge on any atom is -0.379 e. The second-order valence-corrected chi connectivity index (χ2v) is 4.19. The van der Waals surface area contributed by atoms with Gasteiger partial charge >= 0.3 is 0 Å². The van der Waals surface area contributed by atoms with Crippen molar-refractivity contribution in [1.82, 2.24) is 15.5 Å². The lowest BCUT2D eigenvalue weighted by molar-refractivity contribution is -0.126. The molecule has 0 bridgehead atoms. The van der Waals surface area contributed by atoms with Gasteiger partial charge in [0.1, 0.15) is 6.61 Å². The summed E-state index contributed by atoms with van der Waals surface area (Å²) in [4.78, 5) is 13.7. The summed E-state index contributed by atoms with van der Waals surface area (Å²) in [5.74, 6) is -0.0540. The Balaban J connectivity index is 0.00000324. The summed E-state index contributed by atoms with van der Waals surface area (Å²) in [6.07, 6.45) is 0. The third kappa shape index (κ3) is 10.1. The highest BCUT2D eigenvalue weighted by molar-refractivity contribution is 5.85. The lowest BCUT2D eigenvalue weighted by atomic mass is 10.3. The molecule has 114 valence electrons. The van der Waals surface area contributed by atoms with E-state index in [1.807, 2.05) is 6.92 Å². The molecule has 0 spiro atoms. The maximum absolute atomic E-state index is 11.4. The minimum atomic E-state index is -0.0540. The SMILES string of the molecule is CCOCCOCC(=O)NCCN1CCNCC1.Cl. The summed E-state index contributed by atoms with van der Waals surface area (Å²) >= 11 is 0. The molecule has 0 aromatic rings. The summed E-state index contributed by atoms with van der Waals surface area (Å²) in [5.41, 5.74) is 0. The van der Waals surface area contributed by atoms with E-state index >= 15 is 0 Å². The second-order valence-electron chi connectivity index (χ2n) is 4.19. The molecule has 0 aliphatic carbocycles. The number of carbonyl (C=O) groups excluding carboxylic acids is 1. The monoisotopic (exact) mass is 295 g/mol. The standard InChI is InChI=1S/C12H25N3O3.ClH/c1-2-17-9-10-18-11-12(16)14-5-8-15-6-3-13-4-7-15;/h13H,2-11H2,1H3,(H,14,16);1H. The Labute approximate surface area is 121 Å². The smallest absolute Gasteiger partial charge is 0.246 e. The van der Waals surface area contributed by atoms with E-state index in [2.05, 4.69) is 15.5 Å². The highest BCUT2D eigenvalue weighted by atomic mass is 35.5. The third-order valence-electron chi connectivity index (χ3n) is 2.77. The van der Waals surface area contributed by atoms with Gasteiger partial charge in [0.15, 0.2) is 0 Å². The van der Waals surface area contributed by atoms with Gasteiger partial charge in [-0.3, -0.25) is 9.69 Å². The molecule has 1 fully saturated rings. The van der Waals surface area contributed by atoms with Crippen molar-refractivity contribution in [1.29, 1.82) is 0 Å². The molecule has 0 unspecified atom stereocenters. The van der Waals surface area contributed by atoms with Gasteiger partial charge < -0.3 is 20.1 Å². The number of amides is 1. The molecule has 1 aliphatic heterocycles. The van der Waals surface area contributed by atoms with E-state index < -0.39 is 0 Å². The van der Waals surface area contributed by atoms with Gasteiger partial charge in [-0.15, -0.1) is 12.4 Å². The molecule has 6 nitrogen and oxygen atoms in total. The zero-order chi connectivity index (χ0) is 13.1. The molecule has 1 aliphatic rings. The zero-order valence-electron chi connectivity index (χ0n) is 11.7. The van der Waals surface area contributed by atoms with Crippen LogP contribution in [0.5, 0.6) is 0 Å². The number of nitrogens with zero attached hydrogens (tertiary/aromatic N) is 1. The number of hydrogen-bond acceptors (Lipinski definition) is 5. The largest absolute Gasteiger partial charge is 0.379 e. The summed E-state index contributed by atoms with van der Waals surface area (Å²) < 4.78 is 10.3. The van der Waals surface area contributed by atoms with E-state index in [4.69, 9.17) is 9.47 Å². The van der Waals surface area contributed by atoms with E-state index in [1.54, 1.807) is 0 Å². The van der Waals surface area contributed by atoms with E-state index in [-0.39, 0.29) is 24.9 Å². The Morgan fingerprint density at radius 1 is 1.26 bits per heavy atom. The number of rotatable bonds is 9. The molecular weight excluding hydrogens is 270 g/mol. The zero-order valence-corrected chi connectivity index (χ0v) is 12.5. The van der Waals surface area contributed by atoms with Crippen LogP contribution < -0.4 is 10.6 Å². The molecule has 0 atom stereocenters. The first-order chi connectivity index (χ1) is 8.83. The maximum Gasteiger partial charge on any atom is 0.246 e. The molecular formula is C12H26ClN3O3. The number of ether oxygens (including phenoxy) is 2.